The van der Waals surface area contributed by atoms with Crippen LogP contribution in [0.2, 0.25) is 5.02 Å². The second-order valence-electron chi connectivity index (χ2n) is 3.87. The Morgan fingerprint density at radius 1 is 1.17 bits per heavy atom. The predicted molar refractivity (Wildman–Crippen MR) is 82.9 cm³/mol. The lowest BCUT2D eigenvalue weighted by atomic mass is 10.1. The molecular weight excluding hydrogens is 361 g/mol. The van der Waals surface area contributed by atoms with Crippen LogP contribution in [-0.2, 0) is 11.2 Å². The summed E-state index contributed by atoms with van der Waals surface area (Å²) in [6.07, 6.45) is 0.325. The Labute approximate surface area is 124 Å². The Balaban J connectivity index is 2.01. The van der Waals surface area contributed by atoms with Crippen LogP contribution in [0.3, 0.4) is 0 Å². The summed E-state index contributed by atoms with van der Waals surface area (Å²) in [7, 11) is 0. The molecule has 0 fully saturated rings. The molecule has 0 aromatic heterocycles. The van der Waals surface area contributed by atoms with Crippen LogP contribution in [0, 0.1) is 3.57 Å². The fourth-order valence-electron chi connectivity index (χ4n) is 1.60. The number of nitrogens with one attached hydrogen (secondary N) is 1. The van der Waals surface area contributed by atoms with Gasteiger partial charge in [0.15, 0.2) is 0 Å². The zero-order valence-corrected chi connectivity index (χ0v) is 12.4. The maximum absolute atomic E-state index is 11.8. The summed E-state index contributed by atoms with van der Waals surface area (Å²) in [5, 5.41) is 3.51. The highest BCUT2D eigenvalue weighted by atomic mass is 127. The Bertz CT molecular complexity index is 522. The van der Waals surface area contributed by atoms with Gasteiger partial charge in [0.05, 0.1) is 6.42 Å². The summed E-state index contributed by atoms with van der Waals surface area (Å²) < 4.78 is 1.09. The smallest absolute Gasteiger partial charge is 0.228 e. The second kappa shape index (κ2) is 6.20. The lowest BCUT2D eigenvalue weighted by Crippen LogP contribution is -2.14. The van der Waals surface area contributed by atoms with Gasteiger partial charge in [-0.2, -0.15) is 0 Å². The van der Waals surface area contributed by atoms with Crippen molar-refractivity contribution in [3.63, 3.8) is 0 Å². The molecule has 0 saturated carbocycles. The quantitative estimate of drug-likeness (QED) is 0.808. The van der Waals surface area contributed by atoms with Gasteiger partial charge in [0.1, 0.15) is 0 Å². The molecule has 0 radical (unpaired) electrons. The van der Waals surface area contributed by atoms with Gasteiger partial charge in [-0.15, -0.1) is 0 Å². The first-order valence-corrected chi connectivity index (χ1v) is 6.89. The van der Waals surface area contributed by atoms with E-state index in [1.807, 2.05) is 36.4 Å². The molecule has 0 spiro atoms. The molecule has 0 bridgehead atoms. The average Bonchev–Trinajstić information content (AvgIpc) is 2.28. The maximum Gasteiger partial charge on any atom is 0.228 e. The van der Waals surface area contributed by atoms with Crippen LogP contribution in [-0.4, -0.2) is 5.91 Å². The van der Waals surface area contributed by atoms with E-state index in [9.17, 15) is 4.79 Å². The predicted octanol–water partition coefficient (Wildman–Crippen LogP) is 4.13. The highest BCUT2D eigenvalue weighted by molar-refractivity contribution is 14.1. The third kappa shape index (κ3) is 3.99. The number of carbonyl (C=O) groups is 1. The van der Waals surface area contributed by atoms with Gasteiger partial charge in [-0.05, 0) is 58.5 Å². The van der Waals surface area contributed by atoms with E-state index in [2.05, 4.69) is 27.9 Å². The highest BCUT2D eigenvalue weighted by Gasteiger charge is 2.04. The number of hydrogen-bond acceptors (Lipinski definition) is 1. The standard InChI is InChI=1S/C14H11ClINO/c15-11-4-1-3-10(7-11)8-14(18)17-13-6-2-5-12(16)9-13/h1-7,9H,8H2,(H,17,18). The van der Waals surface area contributed by atoms with Crippen molar-refractivity contribution in [1.82, 2.24) is 0 Å². The summed E-state index contributed by atoms with van der Waals surface area (Å²) >= 11 is 8.09. The van der Waals surface area contributed by atoms with E-state index in [-0.39, 0.29) is 5.91 Å². The van der Waals surface area contributed by atoms with E-state index in [0.717, 1.165) is 14.8 Å². The van der Waals surface area contributed by atoms with Gasteiger partial charge < -0.3 is 5.32 Å². The van der Waals surface area contributed by atoms with Crippen molar-refractivity contribution in [1.29, 1.82) is 0 Å². The van der Waals surface area contributed by atoms with Gasteiger partial charge in [-0.3, -0.25) is 4.79 Å². The van der Waals surface area contributed by atoms with Crippen LogP contribution in [0.25, 0.3) is 0 Å². The number of rotatable bonds is 3. The number of benzene rings is 2. The van der Waals surface area contributed by atoms with Crippen LogP contribution in [0.5, 0.6) is 0 Å². The van der Waals surface area contributed by atoms with Crippen molar-refractivity contribution in [2.24, 2.45) is 0 Å². The Morgan fingerprint density at radius 2 is 1.94 bits per heavy atom. The molecule has 92 valence electrons. The van der Waals surface area contributed by atoms with Gasteiger partial charge >= 0.3 is 0 Å². The fourth-order valence-corrected chi connectivity index (χ4v) is 2.36. The molecule has 0 heterocycles. The van der Waals surface area contributed by atoms with Gasteiger partial charge in [0.25, 0.3) is 0 Å². The van der Waals surface area contributed by atoms with Gasteiger partial charge in [0.2, 0.25) is 5.91 Å². The third-order valence-corrected chi connectivity index (χ3v) is 3.27. The number of amides is 1. The van der Waals surface area contributed by atoms with Crippen molar-refractivity contribution in [2.75, 3.05) is 5.32 Å². The van der Waals surface area contributed by atoms with Crippen LogP contribution >= 0.6 is 34.2 Å². The first-order chi connectivity index (χ1) is 8.63. The van der Waals surface area contributed by atoms with Crippen molar-refractivity contribution in [3.8, 4) is 0 Å². The van der Waals surface area contributed by atoms with E-state index in [1.54, 1.807) is 12.1 Å². The molecule has 1 amide bonds. The van der Waals surface area contributed by atoms with Crippen LogP contribution in [0.1, 0.15) is 5.56 Å². The summed E-state index contributed by atoms with van der Waals surface area (Å²) in [5.41, 5.74) is 1.72. The summed E-state index contributed by atoms with van der Waals surface area (Å²) in [4.78, 5) is 11.8. The zero-order chi connectivity index (χ0) is 13.0. The topological polar surface area (TPSA) is 29.1 Å². The number of anilines is 1. The third-order valence-electron chi connectivity index (χ3n) is 2.36. The number of carbonyl (C=O) groups excluding carboxylic acids is 1. The molecule has 18 heavy (non-hydrogen) atoms. The van der Waals surface area contributed by atoms with Crippen molar-refractivity contribution >= 4 is 45.8 Å². The minimum Gasteiger partial charge on any atom is -0.326 e. The minimum atomic E-state index is -0.0423. The van der Waals surface area contributed by atoms with E-state index in [4.69, 9.17) is 11.6 Å². The number of hydrogen-bond donors (Lipinski definition) is 1. The first kappa shape index (κ1) is 13.4. The van der Waals surface area contributed by atoms with Gasteiger partial charge in [-0.1, -0.05) is 29.8 Å². The van der Waals surface area contributed by atoms with Crippen LogP contribution in [0.15, 0.2) is 48.5 Å². The molecule has 0 saturated heterocycles. The molecule has 2 rings (SSSR count). The Hall–Kier alpha value is -1.07. The monoisotopic (exact) mass is 371 g/mol. The summed E-state index contributed by atoms with van der Waals surface area (Å²) in [6.45, 7) is 0. The second-order valence-corrected chi connectivity index (χ2v) is 5.55. The molecule has 1 N–H and O–H groups in total. The Morgan fingerprint density at radius 3 is 2.67 bits per heavy atom. The van der Waals surface area contributed by atoms with E-state index < -0.39 is 0 Å². The molecule has 0 aliphatic carbocycles. The maximum atomic E-state index is 11.8. The molecule has 0 aliphatic rings. The van der Waals surface area contributed by atoms with E-state index in [0.29, 0.717) is 11.4 Å². The van der Waals surface area contributed by atoms with Gasteiger partial charge in [-0.25, -0.2) is 0 Å². The van der Waals surface area contributed by atoms with Crippen LogP contribution in [0.4, 0.5) is 5.69 Å². The Kier molecular flexibility index (Phi) is 4.60. The molecule has 4 heteroatoms. The van der Waals surface area contributed by atoms with E-state index in [1.165, 1.54) is 0 Å². The van der Waals surface area contributed by atoms with Crippen molar-refractivity contribution in [2.45, 2.75) is 6.42 Å². The first-order valence-electron chi connectivity index (χ1n) is 5.43. The van der Waals surface area contributed by atoms with Crippen molar-refractivity contribution in [3.05, 3.63) is 62.7 Å². The minimum absolute atomic E-state index is 0.0423. The zero-order valence-electron chi connectivity index (χ0n) is 9.49. The SMILES string of the molecule is O=C(Cc1cccc(Cl)c1)Nc1cccc(I)c1. The molecule has 2 aromatic rings. The van der Waals surface area contributed by atoms with Gasteiger partial charge in [0, 0.05) is 14.3 Å². The lowest BCUT2D eigenvalue weighted by Gasteiger charge is -2.06. The molecule has 2 nitrogen and oxygen atoms in total. The largest absolute Gasteiger partial charge is 0.326 e. The highest BCUT2D eigenvalue weighted by Crippen LogP contribution is 2.14. The van der Waals surface area contributed by atoms with Crippen LogP contribution < -0.4 is 5.32 Å². The molecule has 0 unspecified atom stereocenters. The van der Waals surface area contributed by atoms with Crippen molar-refractivity contribution < 1.29 is 4.79 Å². The lowest BCUT2D eigenvalue weighted by molar-refractivity contribution is -0.115. The average molecular weight is 372 g/mol. The molecule has 0 aliphatic heterocycles. The summed E-state index contributed by atoms with van der Waals surface area (Å²) in [6, 6.07) is 15.0. The molecule has 2 aromatic carbocycles. The molecule has 0 atom stereocenters. The fraction of sp³-hybridized carbons (Fsp3) is 0.0714. The normalized spacial score (nSPS) is 10.1. The molecular formula is C14H11ClINO. The van der Waals surface area contributed by atoms with E-state index >= 15 is 0 Å². The summed E-state index contributed by atoms with van der Waals surface area (Å²) in [5.74, 6) is -0.0423. The number of halogens is 2.